The number of fused-ring (bicyclic) bond motifs is 1. The van der Waals surface area contributed by atoms with E-state index in [1.54, 1.807) is 41.7 Å². The molecule has 0 aliphatic carbocycles. The summed E-state index contributed by atoms with van der Waals surface area (Å²) in [5.74, 6) is -0.664. The van der Waals surface area contributed by atoms with E-state index in [0.717, 1.165) is 22.2 Å². The van der Waals surface area contributed by atoms with Crippen LogP contribution in [0.2, 0.25) is 0 Å². The smallest absolute Gasteiger partial charge is 0.251 e. The molecule has 0 radical (unpaired) electrons. The van der Waals surface area contributed by atoms with Gasteiger partial charge in [0.15, 0.2) is 0 Å². The third-order valence-corrected chi connectivity index (χ3v) is 6.42. The Kier molecular flexibility index (Phi) is 7.28. The fourth-order valence-corrected chi connectivity index (χ4v) is 4.47. The average molecular weight is 481 g/mol. The van der Waals surface area contributed by atoms with Gasteiger partial charge in [0.25, 0.3) is 5.91 Å². The number of benzene rings is 2. The van der Waals surface area contributed by atoms with Crippen LogP contribution in [0.3, 0.4) is 0 Å². The zero-order chi connectivity index (χ0) is 25.0. The molecule has 0 saturated carbocycles. The minimum absolute atomic E-state index is 0.0783. The number of hydrogen-bond donors (Lipinski definition) is 3. The second-order valence-corrected chi connectivity index (χ2v) is 9.05. The van der Waals surface area contributed by atoms with E-state index in [1.807, 2.05) is 37.3 Å². The van der Waals surface area contributed by atoms with E-state index in [-0.39, 0.29) is 19.4 Å². The predicted octanol–water partition coefficient (Wildman–Crippen LogP) is 3.16. The van der Waals surface area contributed by atoms with Crippen molar-refractivity contribution < 1.29 is 23.9 Å². The third kappa shape index (κ3) is 5.58. The van der Waals surface area contributed by atoms with Crippen molar-refractivity contribution in [3.8, 4) is 5.75 Å². The molecule has 1 fully saturated rings. The Labute approximate surface area is 203 Å². The SMILES string of the molecule is Cc1cc(COc2ccc(C(=O)NC3(CC(=O)NO)CCN(C)CC3F)cc2)c2ccccc2n1. The number of carbonyl (C=O) groups is 2. The van der Waals surface area contributed by atoms with Gasteiger partial charge in [-0.2, -0.15) is 0 Å². The van der Waals surface area contributed by atoms with Gasteiger partial charge in [0.05, 0.1) is 17.5 Å². The molecular weight excluding hydrogens is 451 g/mol. The van der Waals surface area contributed by atoms with Crippen LogP contribution in [0.4, 0.5) is 4.39 Å². The fourth-order valence-electron chi connectivity index (χ4n) is 4.47. The number of ether oxygens (including phenoxy) is 1. The van der Waals surface area contributed by atoms with Gasteiger partial charge >= 0.3 is 0 Å². The Hall–Kier alpha value is -3.56. The van der Waals surface area contributed by atoms with E-state index in [0.29, 0.717) is 24.5 Å². The van der Waals surface area contributed by atoms with Crippen molar-refractivity contribution in [2.75, 3.05) is 20.1 Å². The van der Waals surface area contributed by atoms with Gasteiger partial charge in [0, 0.05) is 35.3 Å². The van der Waals surface area contributed by atoms with E-state index < -0.39 is 23.5 Å². The van der Waals surface area contributed by atoms with Crippen molar-refractivity contribution in [3.63, 3.8) is 0 Å². The molecule has 2 aromatic carbocycles. The first-order valence-electron chi connectivity index (χ1n) is 11.5. The second-order valence-electron chi connectivity index (χ2n) is 9.05. The topological polar surface area (TPSA) is 104 Å². The number of nitrogens with one attached hydrogen (secondary N) is 2. The number of halogens is 1. The quantitative estimate of drug-likeness (QED) is 0.355. The highest BCUT2D eigenvalue weighted by atomic mass is 19.1. The lowest BCUT2D eigenvalue weighted by atomic mass is 9.82. The molecular formula is C26H29FN4O4. The summed E-state index contributed by atoms with van der Waals surface area (Å²) in [5, 5.41) is 12.7. The number of aryl methyl sites for hydroxylation is 1. The molecule has 0 spiro atoms. The van der Waals surface area contributed by atoms with Gasteiger partial charge in [-0.15, -0.1) is 0 Å². The molecule has 1 aliphatic rings. The molecule has 8 nitrogen and oxygen atoms in total. The van der Waals surface area contributed by atoms with Gasteiger partial charge < -0.3 is 15.0 Å². The molecule has 2 atom stereocenters. The van der Waals surface area contributed by atoms with Crippen LogP contribution >= 0.6 is 0 Å². The van der Waals surface area contributed by atoms with Crippen molar-refractivity contribution in [2.45, 2.75) is 38.1 Å². The molecule has 9 heteroatoms. The minimum atomic E-state index is -1.47. The van der Waals surface area contributed by atoms with Crippen molar-refractivity contribution in [1.82, 2.24) is 20.7 Å². The molecule has 2 heterocycles. The van der Waals surface area contributed by atoms with E-state index in [9.17, 15) is 9.59 Å². The number of amides is 2. The highest BCUT2D eigenvalue weighted by Gasteiger charge is 2.45. The lowest BCUT2D eigenvalue weighted by Crippen LogP contribution is -2.63. The van der Waals surface area contributed by atoms with Gasteiger partial charge in [-0.25, -0.2) is 9.87 Å². The zero-order valence-electron chi connectivity index (χ0n) is 19.8. The van der Waals surface area contributed by atoms with Gasteiger partial charge in [0.1, 0.15) is 18.5 Å². The molecule has 0 bridgehead atoms. The number of pyridine rings is 1. The van der Waals surface area contributed by atoms with E-state index >= 15 is 4.39 Å². The molecule has 184 valence electrons. The third-order valence-electron chi connectivity index (χ3n) is 6.42. The van der Waals surface area contributed by atoms with Crippen molar-refractivity contribution in [1.29, 1.82) is 0 Å². The summed E-state index contributed by atoms with van der Waals surface area (Å²) >= 11 is 0. The Balaban J connectivity index is 1.45. The van der Waals surface area contributed by atoms with Crippen molar-refractivity contribution >= 4 is 22.7 Å². The van der Waals surface area contributed by atoms with Gasteiger partial charge in [-0.05, 0) is 56.8 Å². The number of likely N-dealkylation sites (tertiary alicyclic amines) is 1. The summed E-state index contributed by atoms with van der Waals surface area (Å²) < 4.78 is 21.0. The minimum Gasteiger partial charge on any atom is -0.489 e. The van der Waals surface area contributed by atoms with Crippen LogP contribution < -0.4 is 15.5 Å². The number of rotatable bonds is 7. The average Bonchev–Trinajstić information content (AvgIpc) is 2.85. The highest BCUT2D eigenvalue weighted by molar-refractivity contribution is 5.95. The molecule has 2 unspecified atom stereocenters. The Bertz CT molecular complexity index is 1220. The summed E-state index contributed by atoms with van der Waals surface area (Å²) in [5.41, 5.74) is 3.28. The van der Waals surface area contributed by atoms with Crippen LogP contribution in [0.1, 0.15) is 34.5 Å². The van der Waals surface area contributed by atoms with E-state index in [4.69, 9.17) is 9.94 Å². The number of hydroxylamine groups is 1. The van der Waals surface area contributed by atoms with Gasteiger partial charge in [-0.3, -0.25) is 19.8 Å². The van der Waals surface area contributed by atoms with Crippen molar-refractivity contribution in [2.24, 2.45) is 0 Å². The predicted molar refractivity (Wildman–Crippen MR) is 129 cm³/mol. The summed E-state index contributed by atoms with van der Waals surface area (Å²) in [7, 11) is 1.78. The van der Waals surface area contributed by atoms with Crippen LogP contribution in [0, 0.1) is 6.92 Å². The highest BCUT2D eigenvalue weighted by Crippen LogP contribution is 2.29. The normalized spacial score (nSPS) is 20.4. The van der Waals surface area contributed by atoms with E-state index in [1.165, 1.54) is 0 Å². The molecule has 3 aromatic rings. The molecule has 35 heavy (non-hydrogen) atoms. The number of hydrogen-bond acceptors (Lipinski definition) is 6. The van der Waals surface area contributed by atoms with Crippen molar-refractivity contribution in [3.05, 3.63) is 71.4 Å². The number of piperidine rings is 1. The van der Waals surface area contributed by atoms with Gasteiger partial charge in [-0.1, -0.05) is 18.2 Å². The molecule has 2 amide bonds. The number of carbonyl (C=O) groups excluding carboxylic acids is 2. The van der Waals surface area contributed by atoms with Crippen LogP contribution in [0.25, 0.3) is 10.9 Å². The maximum Gasteiger partial charge on any atom is 0.251 e. The van der Waals surface area contributed by atoms with Crippen LogP contribution in [0.5, 0.6) is 5.75 Å². The molecule has 3 N–H and O–H groups in total. The summed E-state index contributed by atoms with van der Waals surface area (Å²) in [4.78, 5) is 31.1. The Morgan fingerprint density at radius 2 is 1.97 bits per heavy atom. The Morgan fingerprint density at radius 3 is 2.69 bits per heavy atom. The maximum atomic E-state index is 15.0. The van der Waals surface area contributed by atoms with Crippen LogP contribution in [-0.2, 0) is 11.4 Å². The fraction of sp³-hybridized carbons (Fsp3) is 0.346. The summed E-state index contributed by atoms with van der Waals surface area (Å²) in [6.07, 6.45) is -1.58. The van der Waals surface area contributed by atoms with E-state index in [2.05, 4.69) is 10.3 Å². The second kappa shape index (κ2) is 10.4. The zero-order valence-corrected chi connectivity index (χ0v) is 19.8. The first-order chi connectivity index (χ1) is 16.8. The Morgan fingerprint density at radius 1 is 1.23 bits per heavy atom. The molecule has 1 aliphatic heterocycles. The maximum absolute atomic E-state index is 15.0. The first-order valence-corrected chi connectivity index (χ1v) is 11.5. The number of aromatic nitrogens is 1. The monoisotopic (exact) mass is 480 g/mol. The first kappa shape index (κ1) is 24.6. The number of para-hydroxylation sites is 1. The standard InChI is InChI=1S/C26H29FN4O4/c1-17-13-19(21-5-3-4-6-22(21)28-17)16-35-20-9-7-18(8-10-20)25(33)29-26(14-24(32)30-34)11-12-31(2)15-23(26)27/h3-10,13,23,34H,11-12,14-16H2,1-2H3,(H,29,33)(H,30,32). The van der Waals surface area contributed by atoms with Gasteiger partial charge in [0.2, 0.25) is 5.91 Å². The lowest BCUT2D eigenvalue weighted by Gasteiger charge is -2.43. The lowest BCUT2D eigenvalue weighted by molar-refractivity contribution is -0.132. The van der Waals surface area contributed by atoms with Crippen LogP contribution in [-0.4, -0.2) is 58.8 Å². The molecule has 1 aromatic heterocycles. The number of alkyl halides is 1. The summed E-state index contributed by atoms with van der Waals surface area (Å²) in [6, 6.07) is 16.4. The molecule has 4 rings (SSSR count). The summed E-state index contributed by atoms with van der Waals surface area (Å²) in [6.45, 7) is 2.86. The van der Waals surface area contributed by atoms with Crippen LogP contribution in [0.15, 0.2) is 54.6 Å². The molecule has 1 saturated heterocycles. The largest absolute Gasteiger partial charge is 0.489 e. The number of nitrogens with zero attached hydrogens (tertiary/aromatic N) is 2.